The van der Waals surface area contributed by atoms with Gasteiger partial charge >= 0.3 is 5.97 Å². The van der Waals surface area contributed by atoms with Crippen LogP contribution in [0.5, 0.6) is 0 Å². The van der Waals surface area contributed by atoms with Crippen LogP contribution in [0.1, 0.15) is 30.1 Å². The van der Waals surface area contributed by atoms with Gasteiger partial charge in [-0.1, -0.05) is 6.92 Å². The predicted molar refractivity (Wildman–Crippen MR) is 72.9 cm³/mol. The standard InChI is InChI=1S/C12H17BrN2O3/c1-8(7-16)3-2-4-14-11-10(12(17)18)5-9(13)6-15-11/h5-6,8,16H,2-4,7H2,1H3,(H,14,15)(H,17,18). The summed E-state index contributed by atoms with van der Waals surface area (Å²) in [4.78, 5) is 15.1. The number of hydrogen-bond acceptors (Lipinski definition) is 4. The largest absolute Gasteiger partial charge is 0.478 e. The Morgan fingerprint density at radius 2 is 2.33 bits per heavy atom. The zero-order valence-electron chi connectivity index (χ0n) is 10.2. The van der Waals surface area contributed by atoms with Gasteiger partial charge in [-0.25, -0.2) is 9.78 Å². The lowest BCUT2D eigenvalue weighted by Gasteiger charge is -2.10. The second-order valence-electron chi connectivity index (χ2n) is 4.21. The molecule has 0 amide bonds. The quantitative estimate of drug-likeness (QED) is 0.673. The zero-order chi connectivity index (χ0) is 13.5. The molecule has 6 heteroatoms. The SMILES string of the molecule is CC(CO)CCCNc1ncc(Br)cc1C(=O)O. The molecule has 1 aromatic rings. The van der Waals surface area contributed by atoms with Crippen molar-refractivity contribution in [2.24, 2.45) is 5.92 Å². The maximum atomic E-state index is 11.0. The molecule has 1 atom stereocenters. The van der Waals surface area contributed by atoms with E-state index >= 15 is 0 Å². The molecule has 0 fully saturated rings. The van der Waals surface area contributed by atoms with E-state index in [0.29, 0.717) is 16.8 Å². The van der Waals surface area contributed by atoms with Crippen LogP contribution in [0.15, 0.2) is 16.7 Å². The van der Waals surface area contributed by atoms with E-state index < -0.39 is 5.97 Å². The lowest BCUT2D eigenvalue weighted by Crippen LogP contribution is -2.11. The summed E-state index contributed by atoms with van der Waals surface area (Å²) in [5, 5.41) is 20.9. The molecular weight excluding hydrogens is 300 g/mol. The van der Waals surface area contributed by atoms with Gasteiger partial charge in [0.1, 0.15) is 11.4 Å². The Kier molecular flexibility index (Phi) is 6.07. The molecule has 1 heterocycles. The third-order valence-corrected chi connectivity index (χ3v) is 3.00. The second-order valence-corrected chi connectivity index (χ2v) is 5.13. The van der Waals surface area contributed by atoms with Gasteiger partial charge in [-0.05, 0) is 40.8 Å². The molecule has 0 spiro atoms. The van der Waals surface area contributed by atoms with E-state index in [1.165, 1.54) is 6.07 Å². The number of aliphatic hydroxyl groups is 1. The Labute approximate surface area is 114 Å². The number of rotatable bonds is 7. The van der Waals surface area contributed by atoms with Crippen molar-refractivity contribution in [2.75, 3.05) is 18.5 Å². The molecule has 0 aliphatic rings. The van der Waals surface area contributed by atoms with Crippen LogP contribution in [0, 0.1) is 5.92 Å². The van der Waals surface area contributed by atoms with Gasteiger partial charge in [0, 0.05) is 23.8 Å². The third kappa shape index (κ3) is 4.62. The molecule has 0 saturated carbocycles. The van der Waals surface area contributed by atoms with E-state index in [0.717, 1.165) is 12.8 Å². The first-order valence-electron chi connectivity index (χ1n) is 5.78. The first kappa shape index (κ1) is 14.9. The zero-order valence-corrected chi connectivity index (χ0v) is 11.8. The third-order valence-electron chi connectivity index (χ3n) is 2.56. The number of anilines is 1. The molecule has 3 N–H and O–H groups in total. The van der Waals surface area contributed by atoms with Crippen LogP contribution in [0.3, 0.4) is 0 Å². The highest BCUT2D eigenvalue weighted by atomic mass is 79.9. The van der Waals surface area contributed by atoms with Gasteiger partial charge in [0.15, 0.2) is 0 Å². The van der Waals surface area contributed by atoms with Crippen molar-refractivity contribution in [1.29, 1.82) is 0 Å². The molecule has 0 radical (unpaired) electrons. The highest BCUT2D eigenvalue weighted by Gasteiger charge is 2.11. The maximum Gasteiger partial charge on any atom is 0.339 e. The first-order valence-corrected chi connectivity index (χ1v) is 6.57. The van der Waals surface area contributed by atoms with Crippen LogP contribution in [0.2, 0.25) is 0 Å². The van der Waals surface area contributed by atoms with Crippen molar-refractivity contribution in [3.63, 3.8) is 0 Å². The van der Waals surface area contributed by atoms with Crippen LogP contribution in [0.25, 0.3) is 0 Å². The molecule has 5 nitrogen and oxygen atoms in total. The fourth-order valence-corrected chi connectivity index (χ4v) is 1.82. The smallest absolute Gasteiger partial charge is 0.339 e. The number of carboxylic acid groups (broad SMARTS) is 1. The molecule has 0 aliphatic heterocycles. The topological polar surface area (TPSA) is 82.5 Å². The van der Waals surface area contributed by atoms with Crippen LogP contribution >= 0.6 is 15.9 Å². The second kappa shape index (κ2) is 7.33. The summed E-state index contributed by atoms with van der Waals surface area (Å²) < 4.78 is 0.638. The number of nitrogens with one attached hydrogen (secondary N) is 1. The molecule has 0 aliphatic carbocycles. The van der Waals surface area contributed by atoms with Crippen LogP contribution in [-0.2, 0) is 0 Å². The van der Waals surface area contributed by atoms with E-state index in [-0.39, 0.29) is 18.1 Å². The summed E-state index contributed by atoms with van der Waals surface area (Å²) in [6.07, 6.45) is 3.31. The monoisotopic (exact) mass is 316 g/mol. The maximum absolute atomic E-state index is 11.0. The van der Waals surface area contributed by atoms with E-state index in [4.69, 9.17) is 10.2 Å². The molecule has 1 aromatic heterocycles. The van der Waals surface area contributed by atoms with Crippen molar-refractivity contribution >= 4 is 27.7 Å². The van der Waals surface area contributed by atoms with Crippen molar-refractivity contribution in [3.8, 4) is 0 Å². The fourth-order valence-electron chi connectivity index (χ4n) is 1.49. The van der Waals surface area contributed by atoms with Gasteiger partial charge in [0.25, 0.3) is 0 Å². The highest BCUT2D eigenvalue weighted by Crippen LogP contribution is 2.18. The Bertz CT molecular complexity index is 412. The van der Waals surface area contributed by atoms with E-state index in [2.05, 4.69) is 26.2 Å². The van der Waals surface area contributed by atoms with Crippen LogP contribution in [-0.4, -0.2) is 34.3 Å². The van der Waals surface area contributed by atoms with Crippen molar-refractivity contribution in [2.45, 2.75) is 19.8 Å². The average Bonchev–Trinajstić information content (AvgIpc) is 2.35. The Morgan fingerprint density at radius 3 is 2.94 bits per heavy atom. The number of hydrogen-bond donors (Lipinski definition) is 3. The van der Waals surface area contributed by atoms with Gasteiger partial charge in [-0.15, -0.1) is 0 Å². The van der Waals surface area contributed by atoms with E-state index in [1.54, 1.807) is 6.20 Å². The highest BCUT2D eigenvalue weighted by molar-refractivity contribution is 9.10. The minimum absolute atomic E-state index is 0.152. The number of aliphatic hydroxyl groups excluding tert-OH is 1. The first-order chi connectivity index (χ1) is 8.54. The van der Waals surface area contributed by atoms with Gasteiger partial charge in [-0.2, -0.15) is 0 Å². The van der Waals surface area contributed by atoms with Gasteiger partial charge < -0.3 is 15.5 Å². The fraction of sp³-hybridized carbons (Fsp3) is 0.500. The summed E-state index contributed by atoms with van der Waals surface area (Å²) in [7, 11) is 0. The minimum atomic E-state index is -1.00. The summed E-state index contributed by atoms with van der Waals surface area (Å²) in [5.41, 5.74) is 0.152. The van der Waals surface area contributed by atoms with Gasteiger partial charge in [0.2, 0.25) is 0 Å². The van der Waals surface area contributed by atoms with Crippen LogP contribution < -0.4 is 5.32 Å². The number of nitrogens with zero attached hydrogens (tertiary/aromatic N) is 1. The lowest BCUT2D eigenvalue weighted by atomic mass is 10.1. The number of aromatic carboxylic acids is 1. The molecule has 100 valence electrons. The normalized spacial score (nSPS) is 12.2. The summed E-state index contributed by atoms with van der Waals surface area (Å²) in [6, 6.07) is 1.52. The Morgan fingerprint density at radius 1 is 1.61 bits per heavy atom. The number of pyridine rings is 1. The predicted octanol–water partition coefficient (Wildman–Crippen LogP) is 2.36. The molecule has 0 saturated heterocycles. The molecular formula is C12H17BrN2O3. The summed E-state index contributed by atoms with van der Waals surface area (Å²) in [6.45, 7) is 2.79. The van der Waals surface area contributed by atoms with Crippen molar-refractivity contribution in [1.82, 2.24) is 4.98 Å². The summed E-state index contributed by atoms with van der Waals surface area (Å²) in [5.74, 6) is -0.360. The van der Waals surface area contributed by atoms with Gasteiger partial charge in [-0.3, -0.25) is 0 Å². The number of carbonyl (C=O) groups is 1. The van der Waals surface area contributed by atoms with Gasteiger partial charge in [0.05, 0.1) is 0 Å². The summed E-state index contributed by atoms with van der Waals surface area (Å²) >= 11 is 3.19. The van der Waals surface area contributed by atoms with E-state index in [1.807, 2.05) is 6.92 Å². The molecule has 1 unspecified atom stereocenters. The van der Waals surface area contributed by atoms with Crippen molar-refractivity contribution < 1.29 is 15.0 Å². The van der Waals surface area contributed by atoms with Crippen molar-refractivity contribution in [3.05, 3.63) is 22.3 Å². The average molecular weight is 317 g/mol. The minimum Gasteiger partial charge on any atom is -0.478 e. The van der Waals surface area contributed by atoms with Crippen LogP contribution in [0.4, 0.5) is 5.82 Å². The molecule has 0 bridgehead atoms. The Balaban J connectivity index is 2.54. The molecule has 1 rings (SSSR count). The molecule has 18 heavy (non-hydrogen) atoms. The van der Waals surface area contributed by atoms with E-state index in [9.17, 15) is 4.79 Å². The number of carboxylic acids is 1. The lowest BCUT2D eigenvalue weighted by molar-refractivity contribution is 0.0697. The molecule has 0 aromatic carbocycles. The Hall–Kier alpha value is -1.14. The number of halogens is 1. The number of aromatic nitrogens is 1.